The highest BCUT2D eigenvalue weighted by Gasteiger charge is 2.29. The van der Waals surface area contributed by atoms with Crippen molar-refractivity contribution in [3.63, 3.8) is 0 Å². The molecule has 0 fully saturated rings. The molecule has 1 aliphatic carbocycles. The lowest BCUT2D eigenvalue weighted by atomic mass is 9.71. The number of hydrogen-bond acceptors (Lipinski definition) is 2. The first-order chi connectivity index (χ1) is 7.38. The summed E-state index contributed by atoms with van der Waals surface area (Å²) in [6.45, 7) is 6.90. The van der Waals surface area contributed by atoms with E-state index in [1.54, 1.807) is 0 Å². The fraction of sp³-hybridized carbons (Fsp3) is 0.615. The molecule has 0 aliphatic heterocycles. The van der Waals surface area contributed by atoms with Gasteiger partial charge in [0, 0.05) is 5.69 Å². The summed E-state index contributed by atoms with van der Waals surface area (Å²) in [5.74, 6) is 0.711. The number of hydrogen-bond donors (Lipinski definition) is 1. The minimum absolute atomic E-state index is 0.353. The molecule has 2 rings (SSSR count). The number of nitrogens with zero attached hydrogens (tertiary/aromatic N) is 1. The van der Waals surface area contributed by atoms with Crippen molar-refractivity contribution in [2.75, 3.05) is 5.73 Å². The van der Waals surface area contributed by atoms with Crippen LogP contribution >= 0.6 is 11.6 Å². The number of aryl methyl sites for hydroxylation is 1. The van der Waals surface area contributed by atoms with E-state index in [1.807, 2.05) is 6.07 Å². The monoisotopic (exact) mass is 238 g/mol. The first-order valence-corrected chi connectivity index (χ1v) is 6.19. The van der Waals surface area contributed by atoms with E-state index in [-0.39, 0.29) is 0 Å². The van der Waals surface area contributed by atoms with Gasteiger partial charge in [-0.05, 0) is 42.2 Å². The van der Waals surface area contributed by atoms with Gasteiger partial charge in [-0.15, -0.1) is 0 Å². The number of anilines is 1. The summed E-state index contributed by atoms with van der Waals surface area (Å²) in [7, 11) is 0. The second-order valence-electron chi connectivity index (χ2n) is 5.78. The van der Waals surface area contributed by atoms with Gasteiger partial charge in [0.25, 0.3) is 0 Å². The minimum Gasteiger partial charge on any atom is -0.396 e. The first-order valence-electron chi connectivity index (χ1n) is 5.81. The Balaban J connectivity index is 2.31. The Morgan fingerprint density at radius 1 is 1.44 bits per heavy atom. The molecular formula is C13H19ClN2. The molecule has 0 aromatic carbocycles. The Hall–Kier alpha value is -0.760. The SMILES string of the molecule is CC(C)(C)C1CCc2nc(Cl)c(N)cc2C1. The van der Waals surface area contributed by atoms with E-state index in [4.69, 9.17) is 17.3 Å². The quantitative estimate of drug-likeness (QED) is 0.703. The fourth-order valence-corrected chi connectivity index (χ4v) is 2.55. The van der Waals surface area contributed by atoms with Crippen LogP contribution in [0.25, 0.3) is 0 Å². The molecule has 0 amide bonds. The van der Waals surface area contributed by atoms with Crippen LogP contribution in [-0.4, -0.2) is 4.98 Å². The molecule has 0 spiro atoms. The molecule has 0 bridgehead atoms. The number of rotatable bonds is 0. The van der Waals surface area contributed by atoms with Crippen molar-refractivity contribution >= 4 is 17.3 Å². The molecule has 16 heavy (non-hydrogen) atoms. The Morgan fingerprint density at radius 2 is 2.12 bits per heavy atom. The molecule has 1 atom stereocenters. The third-order valence-corrected chi connectivity index (χ3v) is 3.90. The summed E-state index contributed by atoms with van der Waals surface area (Å²) in [4.78, 5) is 4.37. The van der Waals surface area contributed by atoms with E-state index in [0.29, 0.717) is 22.2 Å². The molecular weight excluding hydrogens is 220 g/mol. The molecule has 88 valence electrons. The van der Waals surface area contributed by atoms with Crippen LogP contribution in [0.15, 0.2) is 6.07 Å². The van der Waals surface area contributed by atoms with Crippen LogP contribution < -0.4 is 5.73 Å². The maximum atomic E-state index is 5.94. The molecule has 1 aliphatic rings. The molecule has 2 N–H and O–H groups in total. The van der Waals surface area contributed by atoms with Crippen LogP contribution in [0.2, 0.25) is 5.15 Å². The van der Waals surface area contributed by atoms with Crippen molar-refractivity contribution < 1.29 is 0 Å². The Kier molecular flexibility index (Phi) is 2.87. The molecule has 0 saturated carbocycles. The lowest BCUT2D eigenvalue weighted by Gasteiger charge is -2.34. The highest BCUT2D eigenvalue weighted by atomic mass is 35.5. The zero-order valence-corrected chi connectivity index (χ0v) is 10.9. The van der Waals surface area contributed by atoms with Gasteiger partial charge in [0.2, 0.25) is 0 Å². The summed E-state index contributed by atoms with van der Waals surface area (Å²) < 4.78 is 0. The number of halogens is 1. The average molecular weight is 239 g/mol. The highest BCUT2D eigenvalue weighted by Crippen LogP contribution is 2.37. The van der Waals surface area contributed by atoms with E-state index in [9.17, 15) is 0 Å². The van der Waals surface area contributed by atoms with Crippen LogP contribution in [-0.2, 0) is 12.8 Å². The van der Waals surface area contributed by atoms with Gasteiger partial charge in [-0.2, -0.15) is 0 Å². The predicted octanol–water partition coefficient (Wildman–Crippen LogP) is 3.47. The lowest BCUT2D eigenvalue weighted by molar-refractivity contribution is 0.215. The first kappa shape index (κ1) is 11.7. The van der Waals surface area contributed by atoms with Gasteiger partial charge < -0.3 is 5.73 Å². The van der Waals surface area contributed by atoms with Crippen LogP contribution in [0, 0.1) is 11.3 Å². The molecule has 1 heterocycles. The van der Waals surface area contributed by atoms with E-state index in [2.05, 4.69) is 25.8 Å². The largest absolute Gasteiger partial charge is 0.396 e. The molecule has 1 aromatic heterocycles. The van der Waals surface area contributed by atoms with E-state index < -0.39 is 0 Å². The zero-order valence-electron chi connectivity index (χ0n) is 10.2. The number of fused-ring (bicyclic) bond motifs is 1. The number of aromatic nitrogens is 1. The van der Waals surface area contributed by atoms with Gasteiger partial charge in [0.05, 0.1) is 5.69 Å². The summed E-state index contributed by atoms with van der Waals surface area (Å²) >= 11 is 5.94. The third-order valence-electron chi connectivity index (χ3n) is 3.59. The van der Waals surface area contributed by atoms with Crippen molar-refractivity contribution in [3.05, 3.63) is 22.5 Å². The zero-order chi connectivity index (χ0) is 11.9. The van der Waals surface area contributed by atoms with Crippen molar-refractivity contribution in [2.45, 2.75) is 40.0 Å². The van der Waals surface area contributed by atoms with Gasteiger partial charge in [-0.1, -0.05) is 32.4 Å². The third kappa shape index (κ3) is 2.17. The van der Waals surface area contributed by atoms with Crippen LogP contribution in [0.1, 0.15) is 38.4 Å². The molecule has 1 aromatic rings. The van der Waals surface area contributed by atoms with Gasteiger partial charge in [-0.25, -0.2) is 4.98 Å². The average Bonchev–Trinajstić information content (AvgIpc) is 2.17. The van der Waals surface area contributed by atoms with Gasteiger partial charge in [-0.3, -0.25) is 0 Å². The Bertz CT molecular complexity index is 407. The van der Waals surface area contributed by atoms with Crippen LogP contribution in [0.4, 0.5) is 5.69 Å². The van der Waals surface area contributed by atoms with Crippen LogP contribution in [0.3, 0.4) is 0 Å². The van der Waals surface area contributed by atoms with E-state index in [0.717, 1.165) is 18.5 Å². The highest BCUT2D eigenvalue weighted by molar-refractivity contribution is 6.31. The smallest absolute Gasteiger partial charge is 0.152 e. The fourth-order valence-electron chi connectivity index (χ4n) is 2.40. The summed E-state index contributed by atoms with van der Waals surface area (Å²) in [5, 5.41) is 0.452. The van der Waals surface area contributed by atoms with E-state index >= 15 is 0 Å². The molecule has 3 heteroatoms. The Labute approximate surface area is 102 Å². The van der Waals surface area contributed by atoms with E-state index in [1.165, 1.54) is 12.0 Å². The van der Waals surface area contributed by atoms with Gasteiger partial charge >= 0.3 is 0 Å². The molecule has 0 saturated heterocycles. The summed E-state index contributed by atoms with van der Waals surface area (Å²) in [6.07, 6.45) is 3.30. The van der Waals surface area contributed by atoms with Gasteiger partial charge in [0.1, 0.15) is 0 Å². The van der Waals surface area contributed by atoms with Crippen molar-refractivity contribution in [2.24, 2.45) is 11.3 Å². The summed E-state index contributed by atoms with van der Waals surface area (Å²) in [5.41, 5.74) is 9.19. The van der Waals surface area contributed by atoms with Crippen molar-refractivity contribution in [1.82, 2.24) is 4.98 Å². The molecule has 0 radical (unpaired) electrons. The van der Waals surface area contributed by atoms with Crippen molar-refractivity contribution in [1.29, 1.82) is 0 Å². The maximum absolute atomic E-state index is 5.94. The van der Waals surface area contributed by atoms with Crippen LogP contribution in [0.5, 0.6) is 0 Å². The molecule has 2 nitrogen and oxygen atoms in total. The topological polar surface area (TPSA) is 38.9 Å². The minimum atomic E-state index is 0.353. The normalized spacial score (nSPS) is 20.6. The lowest BCUT2D eigenvalue weighted by Crippen LogP contribution is -2.27. The second kappa shape index (κ2) is 3.92. The second-order valence-corrected chi connectivity index (χ2v) is 6.14. The van der Waals surface area contributed by atoms with Crippen molar-refractivity contribution in [3.8, 4) is 0 Å². The number of pyridine rings is 1. The molecule has 1 unspecified atom stereocenters. The standard InChI is InChI=1S/C13H19ClN2/c1-13(2,3)9-4-5-11-8(6-9)7-10(15)12(14)16-11/h7,9H,4-6,15H2,1-3H3. The Morgan fingerprint density at radius 3 is 2.75 bits per heavy atom. The number of nitrogen functional groups attached to an aromatic ring is 1. The maximum Gasteiger partial charge on any atom is 0.152 e. The summed E-state index contributed by atoms with van der Waals surface area (Å²) in [6, 6.07) is 2.00. The van der Waals surface area contributed by atoms with Gasteiger partial charge in [0.15, 0.2) is 5.15 Å². The number of nitrogens with two attached hydrogens (primary N) is 1. The predicted molar refractivity (Wildman–Crippen MR) is 68.6 cm³/mol.